The molecular weight excluding hydrogens is 661 g/mol. The van der Waals surface area contributed by atoms with Crippen LogP contribution in [-0.4, -0.2) is 101 Å². The van der Waals surface area contributed by atoms with E-state index in [1.807, 2.05) is 81.1 Å². The zero-order valence-corrected chi connectivity index (χ0v) is 29.9. The van der Waals surface area contributed by atoms with Crippen molar-refractivity contribution in [2.75, 3.05) is 53.4 Å². The number of likely N-dealkylation sites (N-methyl/N-ethyl adjacent to an activating group) is 1. The maximum Gasteiger partial charge on any atom is 0.326 e. The summed E-state index contributed by atoms with van der Waals surface area (Å²) >= 11 is 12.6. The molecule has 3 amide bonds. The van der Waals surface area contributed by atoms with E-state index in [0.29, 0.717) is 72.5 Å². The highest BCUT2D eigenvalue weighted by Gasteiger charge is 2.45. The van der Waals surface area contributed by atoms with Gasteiger partial charge in [-0.2, -0.15) is 4.98 Å². The monoisotopic (exact) mass is 701 g/mol. The molecule has 0 N–H and O–H groups in total. The van der Waals surface area contributed by atoms with E-state index >= 15 is 0 Å². The minimum atomic E-state index is -0.508. The maximum absolute atomic E-state index is 14.7. The number of nitrogens with zero attached hydrogens (tertiary/aromatic N) is 7. The van der Waals surface area contributed by atoms with Gasteiger partial charge in [-0.05, 0) is 42.3 Å². The number of carbonyl (C=O) groups is 2. The van der Waals surface area contributed by atoms with Crippen molar-refractivity contribution in [3.05, 3.63) is 87.3 Å². The highest BCUT2D eigenvalue weighted by molar-refractivity contribution is 6.30. The van der Waals surface area contributed by atoms with Gasteiger partial charge in [0.25, 0.3) is 0 Å². The van der Waals surface area contributed by atoms with E-state index in [0.717, 1.165) is 11.1 Å². The maximum atomic E-state index is 14.7. The normalized spacial score (nSPS) is 18.4. The Morgan fingerprint density at radius 3 is 2.04 bits per heavy atom. The van der Waals surface area contributed by atoms with Crippen molar-refractivity contribution >= 4 is 53.4 Å². The number of amidine groups is 1. The Morgan fingerprint density at radius 2 is 1.51 bits per heavy atom. The van der Waals surface area contributed by atoms with Gasteiger partial charge < -0.3 is 14.5 Å². The molecule has 252 valence electrons. The average molecular weight is 703 g/mol. The van der Waals surface area contributed by atoms with Crippen LogP contribution in [-0.2, 0) is 10.2 Å². The van der Waals surface area contributed by atoms with Gasteiger partial charge >= 0.3 is 6.03 Å². The van der Waals surface area contributed by atoms with Crippen molar-refractivity contribution in [2.45, 2.75) is 45.2 Å². The van der Waals surface area contributed by atoms with Crippen molar-refractivity contribution in [1.29, 1.82) is 0 Å². The zero-order valence-electron chi connectivity index (χ0n) is 27.6. The number of aliphatic imine (C=N–C) groups is 1. The molecule has 0 spiro atoms. The fraction of sp³-hybridized carbons (Fsp3) is 0.441. The zero-order chi connectivity index (χ0) is 33.2. The number of halogens is 3. The van der Waals surface area contributed by atoms with Gasteiger partial charge in [0.15, 0.2) is 0 Å². The number of benzene rings is 2. The van der Waals surface area contributed by atoms with Crippen LogP contribution in [0.1, 0.15) is 62.3 Å². The topological polar surface area (TPSA) is 94.5 Å². The smallest absolute Gasteiger partial charge is 0.326 e. The fourth-order valence-electron chi connectivity index (χ4n) is 5.56. The Morgan fingerprint density at radius 1 is 0.936 bits per heavy atom. The van der Waals surface area contributed by atoms with Crippen LogP contribution >= 0.6 is 35.6 Å². The molecule has 13 heteroatoms. The predicted octanol–water partition coefficient (Wildman–Crippen LogP) is 6.27. The van der Waals surface area contributed by atoms with E-state index < -0.39 is 12.1 Å². The molecule has 2 aliphatic heterocycles. The van der Waals surface area contributed by atoms with Crippen molar-refractivity contribution in [3.63, 3.8) is 0 Å². The SMILES string of the molecule is CCOc1nc(C(C)(C)C)ncc1C1=NC(c2ccc(Cl)cc2)C(c2ccc(Cl)cc2)N1C(=O)N1CCN(CC(=O)N(C)C)CC1.Cl. The summed E-state index contributed by atoms with van der Waals surface area (Å²) in [6, 6.07) is 13.9. The minimum Gasteiger partial charge on any atom is -0.477 e. The van der Waals surface area contributed by atoms with Crippen LogP contribution in [0.5, 0.6) is 5.88 Å². The number of urea groups is 1. The van der Waals surface area contributed by atoms with Gasteiger partial charge in [-0.3, -0.25) is 19.6 Å². The predicted molar refractivity (Wildman–Crippen MR) is 188 cm³/mol. The third-order valence-corrected chi connectivity index (χ3v) is 8.65. The molecule has 0 aliphatic carbocycles. The molecule has 10 nitrogen and oxygen atoms in total. The molecule has 1 saturated heterocycles. The molecule has 47 heavy (non-hydrogen) atoms. The van der Waals surface area contributed by atoms with Crippen LogP contribution in [0.4, 0.5) is 4.79 Å². The van der Waals surface area contributed by atoms with Crippen LogP contribution in [0.3, 0.4) is 0 Å². The molecule has 0 bridgehead atoms. The minimum absolute atomic E-state index is 0. The molecule has 2 aliphatic rings. The lowest BCUT2D eigenvalue weighted by Crippen LogP contribution is -2.55. The number of rotatable bonds is 7. The second kappa shape index (κ2) is 15.2. The van der Waals surface area contributed by atoms with Gasteiger partial charge in [0.05, 0.1) is 24.8 Å². The Kier molecular flexibility index (Phi) is 11.8. The molecule has 3 heterocycles. The van der Waals surface area contributed by atoms with Crippen molar-refractivity contribution in [2.24, 2.45) is 4.99 Å². The summed E-state index contributed by atoms with van der Waals surface area (Å²) in [6.07, 6.45) is 1.71. The highest BCUT2D eigenvalue weighted by atomic mass is 35.5. The number of hydrogen-bond donors (Lipinski definition) is 0. The molecule has 3 aromatic rings. The fourth-order valence-corrected chi connectivity index (χ4v) is 5.82. The molecule has 5 rings (SSSR count). The van der Waals surface area contributed by atoms with E-state index in [1.165, 1.54) is 0 Å². The quantitative estimate of drug-likeness (QED) is 0.288. The lowest BCUT2D eigenvalue weighted by atomic mass is 9.93. The summed E-state index contributed by atoms with van der Waals surface area (Å²) in [4.78, 5) is 49.1. The van der Waals surface area contributed by atoms with Crippen molar-refractivity contribution in [1.82, 2.24) is 29.6 Å². The van der Waals surface area contributed by atoms with Crippen LogP contribution in [0.2, 0.25) is 10.0 Å². The molecule has 0 radical (unpaired) electrons. The second-order valence-electron chi connectivity index (χ2n) is 12.7. The summed E-state index contributed by atoms with van der Waals surface area (Å²) in [5, 5.41) is 1.20. The lowest BCUT2D eigenvalue weighted by Gasteiger charge is -2.39. The highest BCUT2D eigenvalue weighted by Crippen LogP contribution is 2.45. The summed E-state index contributed by atoms with van der Waals surface area (Å²) < 4.78 is 6.08. The molecule has 2 aromatic carbocycles. The molecule has 1 fully saturated rings. The van der Waals surface area contributed by atoms with Gasteiger partial charge in [0.2, 0.25) is 11.8 Å². The largest absolute Gasteiger partial charge is 0.477 e. The Labute approximate surface area is 293 Å². The van der Waals surface area contributed by atoms with E-state index in [2.05, 4.69) is 4.90 Å². The van der Waals surface area contributed by atoms with Crippen molar-refractivity contribution in [3.8, 4) is 5.88 Å². The molecule has 1 aromatic heterocycles. The van der Waals surface area contributed by atoms with E-state index in [9.17, 15) is 9.59 Å². The van der Waals surface area contributed by atoms with E-state index in [4.69, 9.17) is 42.9 Å². The molecular formula is C34H42Cl3N7O3. The van der Waals surface area contributed by atoms with Crippen LogP contribution in [0.25, 0.3) is 0 Å². The number of hydrogen-bond acceptors (Lipinski definition) is 7. The van der Waals surface area contributed by atoms with Gasteiger partial charge in [-0.1, -0.05) is 68.2 Å². The summed E-state index contributed by atoms with van der Waals surface area (Å²) in [5.41, 5.74) is 1.99. The molecule has 2 unspecified atom stereocenters. The Hall–Kier alpha value is -3.44. The molecule has 0 saturated carbocycles. The van der Waals surface area contributed by atoms with Gasteiger partial charge in [-0.25, -0.2) is 9.78 Å². The third kappa shape index (κ3) is 8.17. The van der Waals surface area contributed by atoms with Crippen molar-refractivity contribution < 1.29 is 14.3 Å². The summed E-state index contributed by atoms with van der Waals surface area (Å²) in [6.45, 7) is 10.8. The first kappa shape index (κ1) is 36.4. The molecule has 2 atom stereocenters. The summed E-state index contributed by atoms with van der Waals surface area (Å²) in [7, 11) is 3.50. The first-order valence-electron chi connectivity index (χ1n) is 15.5. The van der Waals surface area contributed by atoms with Gasteiger partial charge in [0, 0.05) is 61.9 Å². The van der Waals surface area contributed by atoms with Crippen LogP contribution < -0.4 is 4.74 Å². The first-order chi connectivity index (χ1) is 21.9. The average Bonchev–Trinajstić information content (AvgIpc) is 3.41. The van der Waals surface area contributed by atoms with E-state index in [1.54, 1.807) is 30.1 Å². The van der Waals surface area contributed by atoms with Crippen LogP contribution in [0.15, 0.2) is 59.7 Å². The number of aromatic nitrogens is 2. The van der Waals surface area contributed by atoms with Crippen LogP contribution in [0, 0.1) is 0 Å². The number of carbonyl (C=O) groups excluding carboxylic acids is 2. The lowest BCUT2D eigenvalue weighted by molar-refractivity contribution is -0.130. The Balaban J connectivity index is 0.00000500. The van der Waals surface area contributed by atoms with E-state index in [-0.39, 0.29) is 29.8 Å². The number of ether oxygens (including phenoxy) is 1. The third-order valence-electron chi connectivity index (χ3n) is 8.14. The summed E-state index contributed by atoms with van der Waals surface area (Å²) in [5.74, 6) is 1.46. The number of amides is 3. The number of piperazine rings is 1. The second-order valence-corrected chi connectivity index (χ2v) is 13.6. The van der Waals surface area contributed by atoms with Gasteiger partial charge in [-0.15, -0.1) is 12.4 Å². The Bertz CT molecular complexity index is 1590. The standard InChI is InChI=1S/C34H41Cl2N7O3.ClH/c1-7-46-31-26(20-37-32(39-31)34(2,3)4)30-38-28(22-8-12-24(35)13-9-22)29(23-10-14-25(36)15-11-23)43(30)33(45)42-18-16-41(17-19-42)21-27(44)40(5)6;/h8-15,20,28-29H,7,16-19,21H2,1-6H3;1H. The first-order valence-corrected chi connectivity index (χ1v) is 16.2. The van der Waals surface area contributed by atoms with Gasteiger partial charge in [0.1, 0.15) is 17.7 Å².